The molecule has 2 aromatic carbocycles. The van der Waals surface area contributed by atoms with Gasteiger partial charge in [-0.3, -0.25) is 0 Å². The molecule has 0 amide bonds. The standard InChI is InChI=1S/C21H21ClN4O3/c1-4-29-18-9-8-13(10-15(18)22)16-11-17(26-21(25-16)23-12-24-26)14-6-5-7-19(27-2)20(14)28-3/h5-12,17H,4H2,1-3H3,(H,23,24,25)/t17-/m1/s1. The molecule has 0 bridgehead atoms. The first kappa shape index (κ1) is 19.1. The van der Waals surface area contributed by atoms with E-state index in [0.717, 1.165) is 16.8 Å². The van der Waals surface area contributed by atoms with Gasteiger partial charge < -0.3 is 19.5 Å². The summed E-state index contributed by atoms with van der Waals surface area (Å²) in [5.74, 6) is 2.60. The number of allylic oxidation sites excluding steroid dienone is 1. The third kappa shape index (κ3) is 3.49. The van der Waals surface area contributed by atoms with E-state index >= 15 is 0 Å². The molecule has 1 atom stereocenters. The van der Waals surface area contributed by atoms with E-state index in [0.29, 0.717) is 34.8 Å². The minimum absolute atomic E-state index is 0.237. The number of ether oxygens (including phenoxy) is 3. The monoisotopic (exact) mass is 412 g/mol. The molecule has 0 aliphatic carbocycles. The average Bonchev–Trinajstić information content (AvgIpc) is 3.22. The maximum atomic E-state index is 6.40. The van der Waals surface area contributed by atoms with Crippen molar-refractivity contribution < 1.29 is 14.2 Å². The second-order valence-electron chi connectivity index (χ2n) is 6.34. The van der Waals surface area contributed by atoms with Crippen LogP contribution in [0, 0.1) is 0 Å². The third-order valence-corrected chi connectivity index (χ3v) is 5.00. The molecule has 2 heterocycles. The number of hydrogen-bond donors (Lipinski definition) is 1. The summed E-state index contributed by atoms with van der Waals surface area (Å²) >= 11 is 6.40. The van der Waals surface area contributed by atoms with Crippen LogP contribution in [0.15, 0.2) is 48.8 Å². The first-order valence-electron chi connectivity index (χ1n) is 9.18. The van der Waals surface area contributed by atoms with Gasteiger partial charge in [0.2, 0.25) is 5.95 Å². The van der Waals surface area contributed by atoms with Gasteiger partial charge in [-0.05, 0) is 42.8 Å². The van der Waals surface area contributed by atoms with Crippen molar-refractivity contribution in [1.82, 2.24) is 14.8 Å². The zero-order valence-electron chi connectivity index (χ0n) is 16.3. The minimum atomic E-state index is -0.237. The fourth-order valence-corrected chi connectivity index (χ4v) is 3.64. The van der Waals surface area contributed by atoms with Gasteiger partial charge in [0.05, 0.1) is 25.8 Å². The van der Waals surface area contributed by atoms with Crippen molar-refractivity contribution >= 4 is 23.2 Å². The van der Waals surface area contributed by atoms with Gasteiger partial charge in [0, 0.05) is 11.3 Å². The Kier molecular flexibility index (Phi) is 5.31. The largest absolute Gasteiger partial charge is 0.493 e. The number of halogens is 1. The minimum Gasteiger partial charge on any atom is -0.493 e. The van der Waals surface area contributed by atoms with E-state index in [2.05, 4.69) is 21.5 Å². The number of anilines is 1. The van der Waals surface area contributed by atoms with E-state index in [1.807, 2.05) is 43.3 Å². The number of para-hydroxylation sites is 1. The summed E-state index contributed by atoms with van der Waals surface area (Å²) in [5, 5.41) is 8.25. The van der Waals surface area contributed by atoms with E-state index in [4.69, 9.17) is 25.8 Å². The molecule has 29 heavy (non-hydrogen) atoms. The molecule has 1 aromatic heterocycles. The lowest BCUT2D eigenvalue weighted by Crippen LogP contribution is -2.20. The Labute approximate surface area is 173 Å². The van der Waals surface area contributed by atoms with Crippen LogP contribution in [0.2, 0.25) is 5.02 Å². The highest BCUT2D eigenvalue weighted by Gasteiger charge is 2.27. The highest BCUT2D eigenvalue weighted by Crippen LogP contribution is 2.40. The first-order chi connectivity index (χ1) is 14.2. The summed E-state index contributed by atoms with van der Waals surface area (Å²) < 4.78 is 18.4. The lowest BCUT2D eigenvalue weighted by molar-refractivity contribution is 0.340. The summed E-state index contributed by atoms with van der Waals surface area (Å²) in [6.07, 6.45) is 3.58. The fraction of sp³-hybridized carbons (Fsp3) is 0.238. The van der Waals surface area contributed by atoms with Crippen molar-refractivity contribution in [2.75, 3.05) is 26.1 Å². The van der Waals surface area contributed by atoms with E-state index in [9.17, 15) is 0 Å². The van der Waals surface area contributed by atoms with E-state index < -0.39 is 0 Å². The Morgan fingerprint density at radius 3 is 2.72 bits per heavy atom. The van der Waals surface area contributed by atoms with Gasteiger partial charge in [-0.2, -0.15) is 10.1 Å². The van der Waals surface area contributed by atoms with Crippen LogP contribution in [0.4, 0.5) is 5.95 Å². The molecule has 1 aliphatic heterocycles. The van der Waals surface area contributed by atoms with Crippen LogP contribution in [0.3, 0.4) is 0 Å². The SMILES string of the molecule is CCOc1ccc(C2=C[C@H](c3cccc(OC)c3OC)n3ncnc3N2)cc1Cl. The van der Waals surface area contributed by atoms with Gasteiger partial charge in [0.1, 0.15) is 18.1 Å². The van der Waals surface area contributed by atoms with Crippen LogP contribution in [0.1, 0.15) is 24.1 Å². The Bertz CT molecular complexity index is 1060. The zero-order valence-corrected chi connectivity index (χ0v) is 17.1. The number of nitrogens with one attached hydrogen (secondary N) is 1. The molecule has 7 nitrogen and oxygen atoms in total. The average molecular weight is 413 g/mol. The summed E-state index contributed by atoms with van der Waals surface area (Å²) in [4.78, 5) is 4.35. The normalized spacial score (nSPS) is 15.2. The number of rotatable bonds is 6. The maximum Gasteiger partial charge on any atom is 0.226 e. The van der Waals surface area contributed by atoms with Crippen molar-refractivity contribution in [3.8, 4) is 17.2 Å². The molecule has 0 saturated carbocycles. The Morgan fingerprint density at radius 1 is 1.14 bits per heavy atom. The van der Waals surface area contributed by atoms with E-state index in [1.54, 1.807) is 18.9 Å². The van der Waals surface area contributed by atoms with Gasteiger partial charge in [0.25, 0.3) is 0 Å². The van der Waals surface area contributed by atoms with Gasteiger partial charge in [0.15, 0.2) is 11.5 Å². The van der Waals surface area contributed by atoms with Gasteiger partial charge >= 0.3 is 0 Å². The molecule has 0 spiro atoms. The topological polar surface area (TPSA) is 70.4 Å². The Morgan fingerprint density at radius 2 is 2.00 bits per heavy atom. The summed E-state index contributed by atoms with van der Waals surface area (Å²) in [6.45, 7) is 2.48. The molecule has 8 heteroatoms. The highest BCUT2D eigenvalue weighted by molar-refractivity contribution is 6.32. The molecule has 150 valence electrons. The second-order valence-corrected chi connectivity index (χ2v) is 6.75. The van der Waals surface area contributed by atoms with Crippen LogP contribution in [-0.4, -0.2) is 35.6 Å². The van der Waals surface area contributed by atoms with Crippen LogP contribution in [0.5, 0.6) is 17.2 Å². The molecule has 0 saturated heterocycles. The molecule has 1 aliphatic rings. The van der Waals surface area contributed by atoms with Crippen LogP contribution >= 0.6 is 11.6 Å². The predicted octanol–water partition coefficient (Wildman–Crippen LogP) is 4.40. The zero-order chi connectivity index (χ0) is 20.4. The maximum absolute atomic E-state index is 6.40. The van der Waals surface area contributed by atoms with E-state index in [1.165, 1.54) is 6.33 Å². The quantitative estimate of drug-likeness (QED) is 0.647. The van der Waals surface area contributed by atoms with Crippen molar-refractivity contribution in [3.05, 3.63) is 65.0 Å². The summed E-state index contributed by atoms with van der Waals surface area (Å²) in [5.41, 5.74) is 2.69. The third-order valence-electron chi connectivity index (χ3n) is 4.70. The van der Waals surface area contributed by atoms with Crippen LogP contribution in [0.25, 0.3) is 5.70 Å². The molecule has 0 radical (unpaired) electrons. The number of benzene rings is 2. The fourth-order valence-electron chi connectivity index (χ4n) is 3.41. The second kappa shape index (κ2) is 8.05. The molecule has 0 unspecified atom stereocenters. The van der Waals surface area contributed by atoms with E-state index in [-0.39, 0.29) is 6.04 Å². The Hall–Kier alpha value is -3.19. The lowest BCUT2D eigenvalue weighted by Gasteiger charge is -2.26. The first-order valence-corrected chi connectivity index (χ1v) is 9.56. The number of fused-ring (bicyclic) bond motifs is 1. The number of nitrogens with zero attached hydrogens (tertiary/aromatic N) is 3. The van der Waals surface area contributed by atoms with Gasteiger partial charge in [-0.1, -0.05) is 23.7 Å². The van der Waals surface area contributed by atoms with Gasteiger partial charge in [-0.25, -0.2) is 4.68 Å². The van der Waals surface area contributed by atoms with Crippen LogP contribution in [-0.2, 0) is 0 Å². The highest BCUT2D eigenvalue weighted by atomic mass is 35.5. The molecule has 0 fully saturated rings. The predicted molar refractivity (Wildman–Crippen MR) is 112 cm³/mol. The molecular weight excluding hydrogens is 392 g/mol. The van der Waals surface area contributed by atoms with Crippen molar-refractivity contribution in [2.24, 2.45) is 0 Å². The molecule has 1 N–H and O–H groups in total. The lowest BCUT2D eigenvalue weighted by atomic mass is 10.0. The number of aromatic nitrogens is 3. The number of hydrogen-bond acceptors (Lipinski definition) is 6. The smallest absolute Gasteiger partial charge is 0.226 e. The molecule has 3 aromatic rings. The van der Waals surface area contributed by atoms with Crippen molar-refractivity contribution in [3.63, 3.8) is 0 Å². The van der Waals surface area contributed by atoms with Crippen molar-refractivity contribution in [1.29, 1.82) is 0 Å². The van der Waals surface area contributed by atoms with Crippen LogP contribution < -0.4 is 19.5 Å². The number of methoxy groups -OCH3 is 2. The van der Waals surface area contributed by atoms with Crippen molar-refractivity contribution in [2.45, 2.75) is 13.0 Å². The summed E-state index contributed by atoms with van der Waals surface area (Å²) in [7, 11) is 3.25. The summed E-state index contributed by atoms with van der Waals surface area (Å²) in [6, 6.07) is 11.2. The molecule has 4 rings (SSSR count). The Balaban J connectivity index is 1.81. The molecular formula is C21H21ClN4O3. The van der Waals surface area contributed by atoms with Gasteiger partial charge in [-0.15, -0.1) is 0 Å².